The van der Waals surface area contributed by atoms with Crippen molar-refractivity contribution in [3.8, 4) is 17.1 Å². The minimum atomic E-state index is -4.76. The molecule has 0 saturated carbocycles. The first-order chi connectivity index (χ1) is 17.2. The van der Waals surface area contributed by atoms with Crippen LogP contribution in [0, 0.1) is 6.92 Å². The summed E-state index contributed by atoms with van der Waals surface area (Å²) in [6.45, 7) is 4.66. The van der Waals surface area contributed by atoms with Gasteiger partial charge < -0.3 is 15.4 Å². The summed E-state index contributed by atoms with van der Waals surface area (Å²) < 4.78 is 86.0. The monoisotopic (exact) mass is 531 g/mol. The van der Waals surface area contributed by atoms with Crippen molar-refractivity contribution in [2.45, 2.75) is 46.1 Å². The quantitative estimate of drug-likeness (QED) is 0.420. The first kappa shape index (κ1) is 27.7. The van der Waals surface area contributed by atoms with Crippen LogP contribution in [0.5, 0.6) is 5.88 Å². The maximum atomic E-state index is 13.3. The van der Waals surface area contributed by atoms with Crippen LogP contribution in [0.15, 0.2) is 18.3 Å². The van der Waals surface area contributed by atoms with E-state index in [0.717, 1.165) is 4.68 Å². The van der Waals surface area contributed by atoms with E-state index in [1.165, 1.54) is 26.2 Å². The van der Waals surface area contributed by atoms with Gasteiger partial charge in [0.25, 0.3) is 0 Å². The molecule has 0 aliphatic heterocycles. The summed E-state index contributed by atoms with van der Waals surface area (Å²) in [5, 5.41) is 16.0. The molecule has 3 aromatic rings. The third-order valence-electron chi connectivity index (χ3n) is 5.08. The molecule has 0 spiro atoms. The van der Waals surface area contributed by atoms with Gasteiger partial charge in [-0.15, -0.1) is 5.10 Å². The Kier molecular flexibility index (Phi) is 7.93. The molecule has 0 unspecified atom stereocenters. The minimum Gasteiger partial charge on any atom is -0.478 e. The zero-order valence-electron chi connectivity index (χ0n) is 20.2. The molecule has 0 fully saturated rings. The molecule has 0 aromatic carbocycles. The lowest BCUT2D eigenvalue weighted by atomic mass is 10.1. The van der Waals surface area contributed by atoms with E-state index < -0.39 is 29.8 Å². The average Bonchev–Trinajstić information content (AvgIpc) is 3.19. The lowest BCUT2D eigenvalue weighted by Crippen LogP contribution is -2.29. The van der Waals surface area contributed by atoms with Gasteiger partial charge in [0.1, 0.15) is 0 Å². The Morgan fingerprint density at radius 2 is 1.78 bits per heavy atom. The first-order valence-corrected chi connectivity index (χ1v) is 11.0. The number of alkyl halides is 6. The van der Waals surface area contributed by atoms with Crippen molar-refractivity contribution in [3.05, 3.63) is 46.5 Å². The van der Waals surface area contributed by atoms with Crippen molar-refractivity contribution in [2.24, 2.45) is 7.05 Å². The molecule has 3 aromatic heterocycles. The van der Waals surface area contributed by atoms with Crippen molar-refractivity contribution >= 4 is 11.7 Å². The largest absolute Gasteiger partial charge is 0.478 e. The van der Waals surface area contributed by atoms with Crippen molar-refractivity contribution in [3.63, 3.8) is 0 Å². The Morgan fingerprint density at radius 1 is 1.08 bits per heavy atom. The maximum absolute atomic E-state index is 13.3. The SMILES string of the molecule is CCOc1nc(C(F)(F)F)cc(NC(=O)NCc2cc(C)c(-c3cn(C)nc3C(F)(F)F)nn2)c1CC. The standard InChI is InChI=1S/C22H23F6N7O2/c1-5-13-15(8-16(21(23,24)25)31-19(13)37-6-2)30-20(36)29-9-12-7-11(3)17(33-32-12)14-10-35(4)34-18(14)22(26,27)28/h7-8,10H,5-6,9H2,1-4H3,(H2,29,30,31,36). The number of carbonyl (C=O) groups excluding carboxylic acids is 1. The second kappa shape index (κ2) is 10.6. The molecule has 0 aliphatic rings. The van der Waals surface area contributed by atoms with Crippen molar-refractivity contribution < 1.29 is 35.9 Å². The van der Waals surface area contributed by atoms with E-state index in [2.05, 4.69) is 30.9 Å². The molecule has 0 atom stereocenters. The Bertz CT molecular complexity index is 1290. The van der Waals surface area contributed by atoms with Crippen LogP contribution in [-0.2, 0) is 32.4 Å². The van der Waals surface area contributed by atoms with Gasteiger partial charge in [-0.3, -0.25) is 4.68 Å². The highest BCUT2D eigenvalue weighted by molar-refractivity contribution is 5.90. The summed E-state index contributed by atoms with van der Waals surface area (Å²) in [7, 11) is 1.35. The fourth-order valence-electron chi connectivity index (χ4n) is 3.50. The number of halogens is 6. The second-order valence-electron chi connectivity index (χ2n) is 7.86. The summed E-state index contributed by atoms with van der Waals surface area (Å²) in [5.74, 6) is -0.235. The van der Waals surface area contributed by atoms with E-state index in [1.807, 2.05) is 0 Å². The molecule has 0 bridgehead atoms. The van der Waals surface area contributed by atoms with Gasteiger partial charge >= 0.3 is 18.4 Å². The van der Waals surface area contributed by atoms with Crippen LogP contribution in [-0.4, -0.2) is 37.6 Å². The Labute approximate surface area is 207 Å². The lowest BCUT2D eigenvalue weighted by Gasteiger charge is -2.17. The highest BCUT2D eigenvalue weighted by atomic mass is 19.4. The third-order valence-corrected chi connectivity index (χ3v) is 5.08. The van der Waals surface area contributed by atoms with Crippen LogP contribution in [0.2, 0.25) is 0 Å². The van der Waals surface area contributed by atoms with E-state index in [1.54, 1.807) is 13.8 Å². The molecule has 37 heavy (non-hydrogen) atoms. The number of nitrogens with zero attached hydrogens (tertiary/aromatic N) is 5. The molecule has 2 N–H and O–H groups in total. The first-order valence-electron chi connectivity index (χ1n) is 11.0. The van der Waals surface area contributed by atoms with Crippen molar-refractivity contribution in [2.75, 3.05) is 11.9 Å². The highest BCUT2D eigenvalue weighted by Crippen LogP contribution is 2.36. The normalized spacial score (nSPS) is 11.9. The van der Waals surface area contributed by atoms with Crippen LogP contribution in [0.4, 0.5) is 36.8 Å². The van der Waals surface area contributed by atoms with E-state index in [4.69, 9.17) is 4.74 Å². The minimum absolute atomic E-state index is 0.0267. The fourth-order valence-corrected chi connectivity index (χ4v) is 3.50. The molecule has 15 heteroatoms. The molecule has 3 heterocycles. The zero-order chi connectivity index (χ0) is 27.5. The molecule has 200 valence electrons. The van der Waals surface area contributed by atoms with Crippen LogP contribution in [0.3, 0.4) is 0 Å². The number of hydrogen-bond donors (Lipinski definition) is 2. The van der Waals surface area contributed by atoms with Gasteiger partial charge in [0.2, 0.25) is 5.88 Å². The topological polar surface area (TPSA) is 107 Å². The van der Waals surface area contributed by atoms with E-state index >= 15 is 0 Å². The smallest absolute Gasteiger partial charge is 0.435 e. The number of ether oxygens (including phenoxy) is 1. The number of carbonyl (C=O) groups is 1. The molecule has 0 aliphatic carbocycles. The van der Waals surface area contributed by atoms with Gasteiger partial charge in [0.15, 0.2) is 11.4 Å². The number of nitrogens with one attached hydrogen (secondary N) is 2. The number of amides is 2. The number of aromatic nitrogens is 5. The van der Waals surface area contributed by atoms with E-state index in [9.17, 15) is 31.1 Å². The highest BCUT2D eigenvalue weighted by Gasteiger charge is 2.38. The van der Waals surface area contributed by atoms with Crippen LogP contribution >= 0.6 is 0 Å². The average molecular weight is 531 g/mol. The Hall–Kier alpha value is -3.91. The lowest BCUT2D eigenvalue weighted by molar-refractivity contribution is -0.142. The summed E-state index contributed by atoms with van der Waals surface area (Å²) in [5.41, 5.74) is -1.88. The molecule has 0 saturated heterocycles. The zero-order valence-corrected chi connectivity index (χ0v) is 20.2. The Morgan fingerprint density at radius 3 is 2.35 bits per heavy atom. The number of hydrogen-bond acceptors (Lipinski definition) is 6. The molecular formula is C22H23F6N7O2. The number of anilines is 1. The molecule has 0 radical (unpaired) electrons. The fraction of sp³-hybridized carbons (Fsp3) is 0.409. The summed E-state index contributed by atoms with van der Waals surface area (Å²) in [6, 6.07) is 1.31. The van der Waals surface area contributed by atoms with Crippen molar-refractivity contribution in [1.82, 2.24) is 30.3 Å². The maximum Gasteiger partial charge on any atom is 0.435 e. The number of urea groups is 1. The molecule has 9 nitrogen and oxygen atoms in total. The van der Waals surface area contributed by atoms with Gasteiger partial charge in [0, 0.05) is 18.8 Å². The number of aryl methyl sites for hydroxylation is 2. The summed E-state index contributed by atoms with van der Waals surface area (Å²) in [6.07, 6.45) is -8.05. The number of rotatable bonds is 7. The van der Waals surface area contributed by atoms with E-state index in [-0.39, 0.29) is 53.7 Å². The predicted octanol–water partition coefficient (Wildman–Crippen LogP) is 4.90. The van der Waals surface area contributed by atoms with Gasteiger partial charge in [-0.2, -0.15) is 36.5 Å². The summed E-state index contributed by atoms with van der Waals surface area (Å²) in [4.78, 5) is 16.0. The molecule has 3 rings (SSSR count). The third kappa shape index (κ3) is 6.46. The second-order valence-corrected chi connectivity index (χ2v) is 7.86. The number of pyridine rings is 1. The predicted molar refractivity (Wildman–Crippen MR) is 120 cm³/mol. The van der Waals surface area contributed by atoms with Gasteiger partial charge in [-0.05, 0) is 38.0 Å². The van der Waals surface area contributed by atoms with Crippen LogP contribution < -0.4 is 15.4 Å². The van der Waals surface area contributed by atoms with Crippen LogP contribution in [0.1, 0.15) is 42.1 Å². The van der Waals surface area contributed by atoms with E-state index in [0.29, 0.717) is 11.6 Å². The van der Waals surface area contributed by atoms with Gasteiger partial charge in [-0.1, -0.05) is 6.92 Å². The van der Waals surface area contributed by atoms with Crippen LogP contribution in [0.25, 0.3) is 11.3 Å². The van der Waals surface area contributed by atoms with Gasteiger partial charge in [0.05, 0.1) is 35.8 Å². The Balaban J connectivity index is 1.78. The summed E-state index contributed by atoms with van der Waals surface area (Å²) >= 11 is 0. The van der Waals surface area contributed by atoms with Crippen molar-refractivity contribution in [1.29, 1.82) is 0 Å². The molecule has 2 amide bonds. The van der Waals surface area contributed by atoms with Gasteiger partial charge in [-0.25, -0.2) is 9.78 Å². The molecular weight excluding hydrogens is 508 g/mol.